The van der Waals surface area contributed by atoms with Gasteiger partial charge in [-0.3, -0.25) is 0 Å². The Kier molecular flexibility index (Phi) is 3.88. The van der Waals surface area contributed by atoms with Crippen LogP contribution in [0.2, 0.25) is 0 Å². The van der Waals surface area contributed by atoms with Crippen molar-refractivity contribution in [3.63, 3.8) is 0 Å². The molecule has 2 aromatic heterocycles. The highest BCUT2D eigenvalue weighted by molar-refractivity contribution is 9.11. The lowest BCUT2D eigenvalue weighted by Crippen LogP contribution is -1.96. The van der Waals surface area contributed by atoms with Gasteiger partial charge in [-0.15, -0.1) is 0 Å². The van der Waals surface area contributed by atoms with E-state index in [9.17, 15) is 0 Å². The van der Waals surface area contributed by atoms with Gasteiger partial charge in [-0.2, -0.15) is 4.98 Å². The van der Waals surface area contributed by atoms with Crippen LogP contribution in [0, 0.1) is 0 Å². The van der Waals surface area contributed by atoms with Gasteiger partial charge in [0, 0.05) is 4.47 Å². The van der Waals surface area contributed by atoms with Crippen molar-refractivity contribution in [1.82, 2.24) is 20.5 Å². The van der Waals surface area contributed by atoms with E-state index in [1.165, 1.54) is 0 Å². The third-order valence-corrected chi connectivity index (χ3v) is 3.55. The molecule has 0 atom stereocenters. The Balaban J connectivity index is 1.72. The summed E-state index contributed by atoms with van der Waals surface area (Å²) in [6.07, 6.45) is 0. The van der Waals surface area contributed by atoms with E-state index >= 15 is 0 Å². The lowest BCUT2D eigenvalue weighted by atomic mass is 10.3. The molecule has 108 valence electrons. The van der Waals surface area contributed by atoms with Crippen molar-refractivity contribution in [3.8, 4) is 17.3 Å². The summed E-state index contributed by atoms with van der Waals surface area (Å²) in [7, 11) is 0. The first-order chi connectivity index (χ1) is 10.1. The van der Waals surface area contributed by atoms with Crippen molar-refractivity contribution in [3.05, 3.63) is 33.0 Å². The number of nitrogen functional groups attached to an aromatic ring is 1. The van der Waals surface area contributed by atoms with Crippen LogP contribution in [-0.4, -0.2) is 20.5 Å². The number of hydrogen-bond donors (Lipinski definition) is 1. The molecular weight excluding hydrogens is 410 g/mol. The summed E-state index contributed by atoms with van der Waals surface area (Å²) >= 11 is 6.76. The number of halogens is 2. The molecule has 2 heterocycles. The molecule has 3 rings (SSSR count). The van der Waals surface area contributed by atoms with Gasteiger partial charge in [0.05, 0.1) is 4.47 Å². The minimum atomic E-state index is 0.0962. The number of nitrogens with two attached hydrogens (primary N) is 1. The fraction of sp³-hybridized carbons (Fsp3) is 0.0909. The summed E-state index contributed by atoms with van der Waals surface area (Å²) in [5.74, 6) is 1.23. The van der Waals surface area contributed by atoms with Gasteiger partial charge in [-0.25, -0.2) is 4.63 Å². The molecule has 0 aliphatic carbocycles. The van der Waals surface area contributed by atoms with Gasteiger partial charge in [-0.1, -0.05) is 21.1 Å². The molecule has 0 saturated heterocycles. The Morgan fingerprint density at radius 2 is 2.05 bits per heavy atom. The smallest absolute Gasteiger partial charge is 0.264 e. The molecule has 8 nitrogen and oxygen atoms in total. The summed E-state index contributed by atoms with van der Waals surface area (Å²) in [5.41, 5.74) is 5.78. The molecule has 3 aromatic rings. The molecule has 0 unspecified atom stereocenters. The van der Waals surface area contributed by atoms with Crippen LogP contribution in [0.5, 0.6) is 5.75 Å². The highest BCUT2D eigenvalue weighted by atomic mass is 79.9. The zero-order valence-corrected chi connectivity index (χ0v) is 13.5. The molecule has 0 bridgehead atoms. The summed E-state index contributed by atoms with van der Waals surface area (Å²) in [5, 5.41) is 10.8. The average Bonchev–Trinajstić information content (AvgIpc) is 3.06. The summed E-state index contributed by atoms with van der Waals surface area (Å²) < 4.78 is 16.9. The highest BCUT2D eigenvalue weighted by Gasteiger charge is 2.16. The second-order valence-electron chi connectivity index (χ2n) is 3.87. The third-order valence-electron chi connectivity index (χ3n) is 2.44. The quantitative estimate of drug-likeness (QED) is 0.690. The van der Waals surface area contributed by atoms with E-state index in [-0.39, 0.29) is 29.8 Å². The van der Waals surface area contributed by atoms with E-state index in [2.05, 4.69) is 56.9 Å². The van der Waals surface area contributed by atoms with Crippen LogP contribution in [0.4, 0.5) is 5.82 Å². The van der Waals surface area contributed by atoms with Gasteiger partial charge < -0.3 is 15.0 Å². The van der Waals surface area contributed by atoms with Gasteiger partial charge in [0.25, 0.3) is 5.89 Å². The number of hydrogen-bond acceptors (Lipinski definition) is 8. The molecule has 0 aliphatic rings. The van der Waals surface area contributed by atoms with E-state index < -0.39 is 0 Å². The van der Waals surface area contributed by atoms with E-state index in [4.69, 9.17) is 15.0 Å². The molecule has 21 heavy (non-hydrogen) atoms. The van der Waals surface area contributed by atoms with Crippen LogP contribution >= 0.6 is 31.9 Å². The molecule has 0 saturated carbocycles. The monoisotopic (exact) mass is 415 g/mol. The van der Waals surface area contributed by atoms with Crippen molar-refractivity contribution in [2.45, 2.75) is 6.61 Å². The van der Waals surface area contributed by atoms with Gasteiger partial charge in [0.1, 0.15) is 5.75 Å². The van der Waals surface area contributed by atoms with Crippen molar-refractivity contribution < 1.29 is 13.9 Å². The van der Waals surface area contributed by atoms with Gasteiger partial charge >= 0.3 is 0 Å². The normalized spacial score (nSPS) is 10.8. The van der Waals surface area contributed by atoms with E-state index in [0.717, 1.165) is 8.95 Å². The number of benzene rings is 1. The van der Waals surface area contributed by atoms with Crippen molar-refractivity contribution in [2.24, 2.45) is 0 Å². The molecule has 0 spiro atoms. The summed E-state index contributed by atoms with van der Waals surface area (Å²) in [6, 6.07) is 5.54. The third kappa shape index (κ3) is 3.05. The van der Waals surface area contributed by atoms with Crippen LogP contribution in [0.25, 0.3) is 11.5 Å². The van der Waals surface area contributed by atoms with Gasteiger partial charge in [-0.05, 0) is 44.4 Å². The average molecular weight is 417 g/mol. The molecule has 2 N–H and O–H groups in total. The Bertz CT molecular complexity index is 773. The maximum absolute atomic E-state index is 5.58. The maximum Gasteiger partial charge on any atom is 0.264 e. The van der Waals surface area contributed by atoms with Crippen molar-refractivity contribution in [2.75, 3.05) is 5.73 Å². The molecule has 10 heteroatoms. The fourth-order valence-corrected chi connectivity index (χ4v) is 2.65. The SMILES string of the molecule is Nc1nonc1-c1noc(COc2ccc(Br)cc2Br)n1. The lowest BCUT2D eigenvalue weighted by molar-refractivity contribution is 0.241. The van der Waals surface area contributed by atoms with E-state index in [1.807, 2.05) is 18.2 Å². The number of anilines is 1. The Morgan fingerprint density at radius 3 is 2.76 bits per heavy atom. The predicted octanol–water partition coefficient (Wildman–Crippen LogP) is 2.81. The van der Waals surface area contributed by atoms with Crippen LogP contribution in [0.15, 0.2) is 36.3 Å². The number of ether oxygens (including phenoxy) is 1. The van der Waals surface area contributed by atoms with Crippen molar-refractivity contribution >= 4 is 37.7 Å². The first-order valence-electron chi connectivity index (χ1n) is 5.62. The lowest BCUT2D eigenvalue weighted by Gasteiger charge is -2.05. The zero-order valence-electron chi connectivity index (χ0n) is 10.3. The molecule has 0 radical (unpaired) electrons. The Labute approximate surface area is 134 Å². The largest absolute Gasteiger partial charge is 0.483 e. The van der Waals surface area contributed by atoms with E-state index in [0.29, 0.717) is 5.75 Å². The molecule has 0 fully saturated rings. The molecule has 1 aromatic carbocycles. The zero-order chi connectivity index (χ0) is 14.8. The van der Waals surface area contributed by atoms with Crippen molar-refractivity contribution in [1.29, 1.82) is 0 Å². The van der Waals surface area contributed by atoms with E-state index in [1.54, 1.807) is 0 Å². The Hall–Kier alpha value is -1.94. The molecule has 0 aliphatic heterocycles. The van der Waals surface area contributed by atoms with Crippen LogP contribution in [0.3, 0.4) is 0 Å². The van der Waals surface area contributed by atoms with Crippen LogP contribution in [0.1, 0.15) is 5.89 Å². The Morgan fingerprint density at radius 1 is 1.19 bits per heavy atom. The van der Waals surface area contributed by atoms with Gasteiger partial charge in [0.15, 0.2) is 18.1 Å². The van der Waals surface area contributed by atoms with Crippen LogP contribution in [-0.2, 0) is 6.61 Å². The second kappa shape index (κ2) is 5.82. The predicted molar refractivity (Wildman–Crippen MR) is 78.2 cm³/mol. The minimum Gasteiger partial charge on any atom is -0.483 e. The molecular formula is C11H7Br2N5O3. The summed E-state index contributed by atoms with van der Waals surface area (Å²) in [4.78, 5) is 4.11. The van der Waals surface area contributed by atoms with Gasteiger partial charge in [0.2, 0.25) is 5.82 Å². The second-order valence-corrected chi connectivity index (χ2v) is 5.64. The maximum atomic E-state index is 5.58. The molecule has 0 amide bonds. The number of aromatic nitrogens is 4. The standard InChI is InChI=1S/C11H7Br2N5O3/c12-5-1-2-7(6(13)3-5)19-4-8-15-11(18-20-8)9-10(14)17-21-16-9/h1-3H,4H2,(H2,14,17). The van der Waals surface area contributed by atoms with Crippen LogP contribution < -0.4 is 10.5 Å². The fourth-order valence-electron chi connectivity index (χ4n) is 1.49. The first-order valence-corrected chi connectivity index (χ1v) is 7.21. The highest BCUT2D eigenvalue weighted by Crippen LogP contribution is 2.29. The topological polar surface area (TPSA) is 113 Å². The first kappa shape index (κ1) is 14.0. The number of nitrogens with zero attached hydrogens (tertiary/aromatic N) is 4. The number of rotatable bonds is 4. The summed E-state index contributed by atoms with van der Waals surface area (Å²) in [6.45, 7) is 0.110. The minimum absolute atomic E-state index is 0.0962.